The third kappa shape index (κ3) is 4.17. The summed E-state index contributed by atoms with van der Waals surface area (Å²) in [7, 11) is 3.80. The van der Waals surface area contributed by atoms with E-state index in [0.717, 1.165) is 22.6 Å². The molecule has 0 aliphatic carbocycles. The van der Waals surface area contributed by atoms with Crippen molar-refractivity contribution in [1.29, 1.82) is 0 Å². The second-order valence-corrected chi connectivity index (χ2v) is 7.71. The van der Waals surface area contributed by atoms with Gasteiger partial charge in [-0.05, 0) is 54.4 Å². The van der Waals surface area contributed by atoms with E-state index in [1.165, 1.54) is 24.3 Å². The highest BCUT2D eigenvalue weighted by Crippen LogP contribution is 2.33. The molecule has 1 fully saturated rings. The van der Waals surface area contributed by atoms with E-state index in [4.69, 9.17) is 9.47 Å². The molecule has 0 saturated carbocycles. The molecule has 1 aliphatic heterocycles. The lowest BCUT2D eigenvalue weighted by molar-refractivity contribution is 0.222. The van der Waals surface area contributed by atoms with E-state index in [0.29, 0.717) is 16.6 Å². The Morgan fingerprint density at radius 3 is 2.48 bits per heavy atom. The van der Waals surface area contributed by atoms with Crippen LogP contribution < -0.4 is 9.47 Å². The zero-order valence-electron chi connectivity index (χ0n) is 13.1. The van der Waals surface area contributed by atoms with Crippen molar-refractivity contribution in [2.45, 2.75) is 25.9 Å². The Morgan fingerprint density at radius 2 is 1.86 bits per heavy atom. The van der Waals surface area contributed by atoms with Crippen LogP contribution in [0, 0.1) is 6.92 Å². The third-order valence-corrected chi connectivity index (χ3v) is 6.23. The highest BCUT2D eigenvalue weighted by Gasteiger charge is 2.22. The lowest BCUT2D eigenvalue weighted by Crippen LogP contribution is -2.07. The van der Waals surface area contributed by atoms with Gasteiger partial charge in [-0.1, -0.05) is 6.08 Å². The fourth-order valence-electron chi connectivity index (χ4n) is 2.61. The molecule has 2 rings (SSSR count). The lowest BCUT2D eigenvalue weighted by Gasteiger charge is -2.15. The molecule has 116 valence electrons. The minimum absolute atomic E-state index is 0.529. The molecule has 1 aromatic rings. The SMILES string of the molecule is COc1cc(C(O)/C=C/C[S+]2CCCC2)c(OC)cc1C. The number of ether oxygens (including phenoxy) is 2. The summed E-state index contributed by atoms with van der Waals surface area (Å²) in [5, 5.41) is 10.4. The van der Waals surface area contributed by atoms with E-state index in [1.807, 2.05) is 25.1 Å². The highest BCUT2D eigenvalue weighted by atomic mass is 32.2. The van der Waals surface area contributed by atoms with Gasteiger partial charge in [0.15, 0.2) is 0 Å². The van der Waals surface area contributed by atoms with E-state index in [-0.39, 0.29) is 0 Å². The molecule has 0 spiro atoms. The van der Waals surface area contributed by atoms with E-state index in [2.05, 4.69) is 6.08 Å². The summed E-state index contributed by atoms with van der Waals surface area (Å²) in [4.78, 5) is 0. The van der Waals surface area contributed by atoms with E-state index in [9.17, 15) is 5.11 Å². The number of benzene rings is 1. The molecule has 1 atom stereocenters. The van der Waals surface area contributed by atoms with Crippen LogP contribution in [0.25, 0.3) is 0 Å². The first-order valence-corrected chi connectivity index (χ1v) is 9.10. The summed E-state index contributed by atoms with van der Waals surface area (Å²) in [6.45, 7) is 1.97. The predicted octanol–water partition coefficient (Wildman–Crippen LogP) is 3.01. The molecule has 4 heteroatoms. The average molecular weight is 309 g/mol. The van der Waals surface area contributed by atoms with E-state index in [1.54, 1.807) is 14.2 Å². The van der Waals surface area contributed by atoms with Crippen LogP contribution in [0.15, 0.2) is 24.3 Å². The molecule has 0 bridgehead atoms. The van der Waals surface area contributed by atoms with Crippen molar-refractivity contribution in [3.05, 3.63) is 35.4 Å². The fraction of sp³-hybridized carbons (Fsp3) is 0.529. The average Bonchev–Trinajstić information content (AvgIpc) is 3.00. The lowest BCUT2D eigenvalue weighted by atomic mass is 10.0. The van der Waals surface area contributed by atoms with Crippen molar-refractivity contribution in [3.63, 3.8) is 0 Å². The number of aliphatic hydroxyl groups excluding tert-OH is 1. The monoisotopic (exact) mass is 309 g/mol. The molecule has 1 aromatic carbocycles. The molecule has 21 heavy (non-hydrogen) atoms. The van der Waals surface area contributed by atoms with Gasteiger partial charge >= 0.3 is 0 Å². The molecule has 0 amide bonds. The molecular weight excluding hydrogens is 284 g/mol. The van der Waals surface area contributed by atoms with Crippen LogP contribution in [-0.2, 0) is 10.9 Å². The van der Waals surface area contributed by atoms with Crippen LogP contribution in [0.5, 0.6) is 11.5 Å². The van der Waals surface area contributed by atoms with Crippen molar-refractivity contribution in [2.75, 3.05) is 31.5 Å². The zero-order chi connectivity index (χ0) is 15.2. The Balaban J connectivity index is 2.09. The Morgan fingerprint density at radius 1 is 1.19 bits per heavy atom. The van der Waals surface area contributed by atoms with Crippen LogP contribution in [0.3, 0.4) is 0 Å². The summed E-state index contributed by atoms with van der Waals surface area (Å²) in [6.07, 6.45) is 6.06. The van der Waals surface area contributed by atoms with E-state index >= 15 is 0 Å². The molecular formula is C17H25O3S+. The minimum atomic E-state index is -0.652. The highest BCUT2D eigenvalue weighted by molar-refractivity contribution is 7.97. The molecule has 1 aliphatic rings. The number of rotatable bonds is 6. The maximum Gasteiger partial charge on any atom is 0.126 e. The first kappa shape index (κ1) is 16.2. The summed E-state index contributed by atoms with van der Waals surface area (Å²) >= 11 is 0. The number of hydrogen-bond acceptors (Lipinski definition) is 3. The van der Waals surface area contributed by atoms with Gasteiger partial charge in [-0.3, -0.25) is 0 Å². The normalized spacial score (nSPS) is 17.3. The van der Waals surface area contributed by atoms with Crippen LogP contribution in [-0.4, -0.2) is 36.6 Å². The van der Waals surface area contributed by atoms with Gasteiger partial charge in [-0.25, -0.2) is 0 Å². The van der Waals surface area contributed by atoms with Crippen LogP contribution in [0.4, 0.5) is 0 Å². The predicted molar refractivity (Wildman–Crippen MR) is 89.6 cm³/mol. The number of methoxy groups -OCH3 is 2. The van der Waals surface area contributed by atoms with Crippen molar-refractivity contribution in [2.24, 2.45) is 0 Å². The van der Waals surface area contributed by atoms with Crippen LogP contribution >= 0.6 is 0 Å². The second-order valence-electron chi connectivity index (χ2n) is 5.33. The summed E-state index contributed by atoms with van der Waals surface area (Å²) in [5.74, 6) is 5.26. The summed E-state index contributed by atoms with van der Waals surface area (Å²) < 4.78 is 10.7. The van der Waals surface area contributed by atoms with Gasteiger partial charge in [-0.2, -0.15) is 0 Å². The first-order valence-electron chi connectivity index (χ1n) is 7.37. The van der Waals surface area contributed by atoms with Gasteiger partial charge < -0.3 is 14.6 Å². The molecule has 1 heterocycles. The van der Waals surface area contributed by atoms with Gasteiger partial charge in [-0.15, -0.1) is 0 Å². The van der Waals surface area contributed by atoms with Crippen molar-refractivity contribution < 1.29 is 14.6 Å². The summed E-state index contributed by atoms with van der Waals surface area (Å²) in [6, 6.07) is 3.77. The quantitative estimate of drug-likeness (QED) is 0.648. The van der Waals surface area contributed by atoms with Gasteiger partial charge in [0.2, 0.25) is 0 Å². The van der Waals surface area contributed by atoms with Crippen LogP contribution in [0.2, 0.25) is 0 Å². The smallest absolute Gasteiger partial charge is 0.126 e. The number of aryl methyl sites for hydroxylation is 1. The first-order chi connectivity index (χ1) is 10.2. The van der Waals surface area contributed by atoms with Gasteiger partial charge in [0.05, 0.1) is 14.2 Å². The Kier molecular flexibility index (Phi) is 6.00. The van der Waals surface area contributed by atoms with Crippen molar-refractivity contribution in [3.8, 4) is 11.5 Å². The maximum atomic E-state index is 10.4. The van der Waals surface area contributed by atoms with E-state index < -0.39 is 6.10 Å². The zero-order valence-corrected chi connectivity index (χ0v) is 13.9. The number of hydrogen-bond donors (Lipinski definition) is 1. The molecule has 0 radical (unpaired) electrons. The minimum Gasteiger partial charge on any atom is -0.496 e. The topological polar surface area (TPSA) is 38.7 Å². The van der Waals surface area contributed by atoms with Gasteiger partial charge in [0.1, 0.15) is 34.9 Å². The number of aliphatic hydroxyl groups is 1. The molecule has 0 aromatic heterocycles. The maximum absolute atomic E-state index is 10.4. The molecule has 1 N–H and O–H groups in total. The van der Waals surface area contributed by atoms with Crippen molar-refractivity contribution >= 4 is 10.9 Å². The summed E-state index contributed by atoms with van der Waals surface area (Å²) in [5.41, 5.74) is 1.76. The van der Waals surface area contributed by atoms with Crippen LogP contribution in [0.1, 0.15) is 30.1 Å². The fourth-order valence-corrected chi connectivity index (χ4v) is 4.76. The van der Waals surface area contributed by atoms with Crippen molar-refractivity contribution in [1.82, 2.24) is 0 Å². The molecule has 1 unspecified atom stereocenters. The Labute approximate surface area is 130 Å². The largest absolute Gasteiger partial charge is 0.496 e. The third-order valence-electron chi connectivity index (χ3n) is 3.83. The molecule has 3 nitrogen and oxygen atoms in total. The standard InChI is InChI=1S/C17H25O3S/c1-13-11-17(20-3)14(12-16(13)19-2)15(18)7-6-10-21-8-4-5-9-21/h6-7,11-12,15,18H,4-5,8-10H2,1-3H3/q+1/b7-6+. The Bertz CT molecular complexity index is 493. The van der Waals surface area contributed by atoms with Gasteiger partial charge in [0, 0.05) is 5.56 Å². The Hall–Kier alpha value is -1.13. The second kappa shape index (κ2) is 7.76. The molecule has 1 saturated heterocycles. The van der Waals surface area contributed by atoms with Gasteiger partial charge in [0.25, 0.3) is 0 Å².